The van der Waals surface area contributed by atoms with Crippen LogP contribution in [0.1, 0.15) is 12.7 Å². The Labute approximate surface area is 109 Å². The van der Waals surface area contributed by atoms with Gasteiger partial charge in [-0.3, -0.25) is 4.79 Å². The first-order chi connectivity index (χ1) is 9.22. The van der Waals surface area contributed by atoms with Gasteiger partial charge in [0, 0.05) is 5.69 Å². The van der Waals surface area contributed by atoms with E-state index in [2.05, 4.69) is 15.6 Å². The molecule has 1 amide bonds. The predicted molar refractivity (Wildman–Crippen MR) is 69.0 cm³/mol. The minimum Gasteiger partial charge on any atom is -0.479 e. The van der Waals surface area contributed by atoms with Crippen LogP contribution in [0.15, 0.2) is 35.2 Å². The lowest BCUT2D eigenvalue weighted by molar-refractivity contribution is -0.122. The Bertz CT molecular complexity index is 595. The monoisotopic (exact) mass is 259 g/mol. The van der Waals surface area contributed by atoms with Crippen molar-refractivity contribution in [2.24, 2.45) is 0 Å². The summed E-state index contributed by atoms with van der Waals surface area (Å²) in [7, 11) is 0. The maximum absolute atomic E-state index is 11.5. The summed E-state index contributed by atoms with van der Waals surface area (Å²) in [6.07, 6.45) is 2.58. The van der Waals surface area contributed by atoms with E-state index in [1.54, 1.807) is 13.1 Å². The second-order valence-electron chi connectivity index (χ2n) is 4.28. The Hall–Kier alpha value is -2.50. The number of fused-ring (bicyclic) bond motifs is 1. The number of hydrogen-bond acceptors (Lipinski definition) is 5. The molecular formula is C13H13N3O3. The molecule has 0 fully saturated rings. The fraction of sp³-hybridized carbons (Fsp3) is 0.231. The molecule has 1 aliphatic rings. The van der Waals surface area contributed by atoms with Gasteiger partial charge in [0.25, 0.3) is 5.91 Å². The number of aromatic nitrogens is 1. The van der Waals surface area contributed by atoms with Crippen molar-refractivity contribution in [3.8, 4) is 5.75 Å². The van der Waals surface area contributed by atoms with Gasteiger partial charge in [-0.25, -0.2) is 4.98 Å². The molecule has 2 N–H and O–H groups in total. The number of nitrogens with zero attached hydrogens (tertiary/aromatic N) is 1. The Morgan fingerprint density at radius 3 is 3.16 bits per heavy atom. The summed E-state index contributed by atoms with van der Waals surface area (Å²) < 4.78 is 10.6. The van der Waals surface area contributed by atoms with Crippen molar-refractivity contribution in [1.29, 1.82) is 0 Å². The second-order valence-corrected chi connectivity index (χ2v) is 4.28. The van der Waals surface area contributed by atoms with Gasteiger partial charge in [-0.2, -0.15) is 0 Å². The third kappa shape index (κ3) is 2.37. The molecule has 0 spiro atoms. The van der Waals surface area contributed by atoms with Crippen LogP contribution in [0.3, 0.4) is 0 Å². The van der Waals surface area contributed by atoms with Gasteiger partial charge in [-0.15, -0.1) is 0 Å². The van der Waals surface area contributed by atoms with Crippen molar-refractivity contribution < 1.29 is 13.9 Å². The topological polar surface area (TPSA) is 76.4 Å². The first kappa shape index (κ1) is 11.6. The van der Waals surface area contributed by atoms with E-state index in [0.717, 1.165) is 11.4 Å². The largest absolute Gasteiger partial charge is 0.479 e. The van der Waals surface area contributed by atoms with Gasteiger partial charge in [0.2, 0.25) is 0 Å². The van der Waals surface area contributed by atoms with Crippen LogP contribution in [0, 0.1) is 0 Å². The van der Waals surface area contributed by atoms with Crippen LogP contribution in [0.2, 0.25) is 0 Å². The summed E-state index contributed by atoms with van der Waals surface area (Å²) in [4.78, 5) is 15.4. The van der Waals surface area contributed by atoms with Gasteiger partial charge >= 0.3 is 0 Å². The summed E-state index contributed by atoms with van der Waals surface area (Å²) >= 11 is 0. The summed E-state index contributed by atoms with van der Waals surface area (Å²) in [5.41, 5.74) is 1.54. The van der Waals surface area contributed by atoms with Gasteiger partial charge in [-0.1, -0.05) is 0 Å². The molecule has 0 saturated carbocycles. The van der Waals surface area contributed by atoms with Crippen LogP contribution in [-0.4, -0.2) is 17.0 Å². The van der Waals surface area contributed by atoms with Crippen LogP contribution in [-0.2, 0) is 11.3 Å². The van der Waals surface area contributed by atoms with Gasteiger partial charge in [-0.05, 0) is 25.1 Å². The number of nitrogens with one attached hydrogen (secondary N) is 2. The molecule has 1 unspecified atom stereocenters. The van der Waals surface area contributed by atoms with Crippen molar-refractivity contribution in [1.82, 2.24) is 4.98 Å². The molecule has 2 aromatic rings. The lowest BCUT2D eigenvalue weighted by Gasteiger charge is -2.23. The zero-order valence-corrected chi connectivity index (χ0v) is 10.3. The molecule has 3 rings (SSSR count). The minimum absolute atomic E-state index is 0.139. The number of oxazole rings is 1. The average molecular weight is 259 g/mol. The zero-order valence-electron chi connectivity index (χ0n) is 10.3. The average Bonchev–Trinajstić information content (AvgIpc) is 2.91. The van der Waals surface area contributed by atoms with E-state index in [-0.39, 0.29) is 5.91 Å². The molecule has 1 aromatic carbocycles. The maximum atomic E-state index is 11.5. The van der Waals surface area contributed by atoms with Gasteiger partial charge in [0.1, 0.15) is 11.5 Å². The fourth-order valence-electron chi connectivity index (χ4n) is 1.84. The molecule has 0 bridgehead atoms. The number of hydrogen-bond donors (Lipinski definition) is 2. The van der Waals surface area contributed by atoms with E-state index in [1.807, 2.05) is 18.2 Å². The predicted octanol–water partition coefficient (Wildman–Crippen LogP) is 2.01. The van der Waals surface area contributed by atoms with Crippen LogP contribution in [0.5, 0.6) is 5.75 Å². The zero-order chi connectivity index (χ0) is 13.2. The van der Waals surface area contributed by atoms with Crippen molar-refractivity contribution >= 4 is 17.3 Å². The van der Waals surface area contributed by atoms with E-state index in [4.69, 9.17) is 9.15 Å². The SMILES string of the molecule is CC1Oc2ccc(NCc3cnco3)cc2NC1=O. The van der Waals surface area contributed by atoms with Crippen LogP contribution < -0.4 is 15.4 Å². The van der Waals surface area contributed by atoms with Crippen molar-refractivity contribution in [3.05, 3.63) is 36.5 Å². The quantitative estimate of drug-likeness (QED) is 0.881. The lowest BCUT2D eigenvalue weighted by Crippen LogP contribution is -2.34. The molecule has 19 heavy (non-hydrogen) atoms. The third-order valence-electron chi connectivity index (χ3n) is 2.86. The molecule has 6 heteroatoms. The molecule has 2 heterocycles. The standard InChI is InChI=1S/C13H13N3O3/c1-8-13(17)16-11-4-9(2-3-12(11)19-8)15-6-10-5-14-7-18-10/h2-5,7-8,15H,6H2,1H3,(H,16,17). The Morgan fingerprint density at radius 1 is 1.47 bits per heavy atom. The van der Waals surface area contributed by atoms with Gasteiger partial charge in [0.05, 0.1) is 18.4 Å². The molecule has 0 radical (unpaired) electrons. The first-order valence-corrected chi connectivity index (χ1v) is 5.95. The normalized spacial score (nSPS) is 17.3. The number of carbonyl (C=O) groups is 1. The smallest absolute Gasteiger partial charge is 0.265 e. The molecular weight excluding hydrogens is 246 g/mol. The minimum atomic E-state index is -0.458. The molecule has 1 aromatic heterocycles. The summed E-state index contributed by atoms with van der Waals surface area (Å²) in [6, 6.07) is 5.54. The van der Waals surface area contributed by atoms with Crippen LogP contribution >= 0.6 is 0 Å². The number of anilines is 2. The number of rotatable bonds is 3. The summed E-state index contributed by atoms with van der Waals surface area (Å²) in [5, 5.41) is 5.99. The molecule has 98 valence electrons. The highest BCUT2D eigenvalue weighted by Crippen LogP contribution is 2.32. The van der Waals surface area contributed by atoms with E-state index < -0.39 is 6.10 Å². The third-order valence-corrected chi connectivity index (χ3v) is 2.86. The molecule has 1 aliphatic heterocycles. The second kappa shape index (κ2) is 4.64. The van der Waals surface area contributed by atoms with E-state index in [0.29, 0.717) is 18.0 Å². The highest BCUT2D eigenvalue weighted by molar-refractivity contribution is 5.98. The van der Waals surface area contributed by atoms with Crippen LogP contribution in [0.25, 0.3) is 0 Å². The first-order valence-electron chi connectivity index (χ1n) is 5.95. The molecule has 1 atom stereocenters. The van der Waals surface area contributed by atoms with Crippen molar-refractivity contribution in [2.45, 2.75) is 19.6 Å². The number of carbonyl (C=O) groups excluding carboxylic acids is 1. The molecule has 0 saturated heterocycles. The lowest BCUT2D eigenvalue weighted by atomic mass is 10.2. The summed E-state index contributed by atoms with van der Waals surface area (Å²) in [5.74, 6) is 1.28. The van der Waals surface area contributed by atoms with Crippen molar-refractivity contribution in [2.75, 3.05) is 10.6 Å². The summed E-state index contributed by atoms with van der Waals surface area (Å²) in [6.45, 7) is 2.25. The van der Waals surface area contributed by atoms with E-state index >= 15 is 0 Å². The van der Waals surface area contributed by atoms with Gasteiger partial charge in [0.15, 0.2) is 12.5 Å². The Kier molecular flexibility index (Phi) is 2.83. The Morgan fingerprint density at radius 2 is 2.37 bits per heavy atom. The highest BCUT2D eigenvalue weighted by atomic mass is 16.5. The molecule has 0 aliphatic carbocycles. The van der Waals surface area contributed by atoms with Crippen LogP contribution in [0.4, 0.5) is 11.4 Å². The Balaban J connectivity index is 1.74. The maximum Gasteiger partial charge on any atom is 0.265 e. The number of benzene rings is 1. The van der Waals surface area contributed by atoms with E-state index in [1.165, 1.54) is 6.39 Å². The van der Waals surface area contributed by atoms with E-state index in [9.17, 15) is 4.79 Å². The number of amides is 1. The van der Waals surface area contributed by atoms with Gasteiger partial charge < -0.3 is 19.8 Å². The highest BCUT2D eigenvalue weighted by Gasteiger charge is 2.23. The molecule has 6 nitrogen and oxygen atoms in total. The number of ether oxygens (including phenoxy) is 1. The van der Waals surface area contributed by atoms with Crippen molar-refractivity contribution in [3.63, 3.8) is 0 Å². The fourth-order valence-corrected chi connectivity index (χ4v) is 1.84.